The summed E-state index contributed by atoms with van der Waals surface area (Å²) in [5, 5.41) is -0.217. The van der Waals surface area contributed by atoms with E-state index in [1.54, 1.807) is 0 Å². The molecule has 2 nitrogen and oxygen atoms in total. The highest BCUT2D eigenvalue weighted by Crippen LogP contribution is 2.29. The molecule has 2 atom stereocenters. The highest BCUT2D eigenvalue weighted by molar-refractivity contribution is 6.30. The molecule has 0 heterocycles. The molecular weight excluding hydrogens is 246 g/mol. The molecule has 2 unspecified atom stereocenters. The highest BCUT2D eigenvalue weighted by Gasteiger charge is 2.22. The second-order valence-electron chi connectivity index (χ2n) is 4.20. The van der Waals surface area contributed by atoms with Crippen LogP contribution in [0.15, 0.2) is 12.1 Å². The van der Waals surface area contributed by atoms with Crippen LogP contribution >= 0.6 is 11.6 Å². The Bertz CT molecular complexity index is 385. The van der Waals surface area contributed by atoms with Gasteiger partial charge in [0, 0.05) is 5.56 Å². The van der Waals surface area contributed by atoms with E-state index in [0.29, 0.717) is 0 Å². The number of rotatable bonds is 5. The molecule has 1 aromatic rings. The Hall–Kier alpha value is -0.710. The Balaban J connectivity index is 3.07. The molecule has 0 spiro atoms. The molecular formula is C12H17ClF2N2. The highest BCUT2D eigenvalue weighted by atomic mass is 35.5. The molecule has 0 bridgehead atoms. The van der Waals surface area contributed by atoms with E-state index in [1.165, 1.54) is 0 Å². The lowest BCUT2D eigenvalue weighted by Gasteiger charge is -2.24. The van der Waals surface area contributed by atoms with Crippen LogP contribution in [0.4, 0.5) is 8.78 Å². The maximum Gasteiger partial charge on any atom is 0.142 e. The molecule has 0 saturated heterocycles. The lowest BCUT2D eigenvalue weighted by molar-refractivity contribution is 0.356. The molecule has 0 aromatic heterocycles. The summed E-state index contributed by atoms with van der Waals surface area (Å²) < 4.78 is 27.1. The minimum absolute atomic E-state index is 0.111. The summed E-state index contributed by atoms with van der Waals surface area (Å²) in [6.07, 6.45) is 1.83. The largest absolute Gasteiger partial charge is 0.271 e. The Kier molecular flexibility index (Phi) is 5.31. The molecule has 1 aromatic carbocycles. The van der Waals surface area contributed by atoms with Crippen LogP contribution in [-0.4, -0.2) is 0 Å². The summed E-state index contributed by atoms with van der Waals surface area (Å²) in [6.45, 7) is 3.98. The molecule has 17 heavy (non-hydrogen) atoms. The van der Waals surface area contributed by atoms with Gasteiger partial charge in [-0.1, -0.05) is 31.9 Å². The maximum absolute atomic E-state index is 13.7. The van der Waals surface area contributed by atoms with Crippen LogP contribution in [0.25, 0.3) is 0 Å². The second kappa shape index (κ2) is 6.28. The van der Waals surface area contributed by atoms with Crippen molar-refractivity contribution in [3.63, 3.8) is 0 Å². The van der Waals surface area contributed by atoms with E-state index in [9.17, 15) is 8.78 Å². The van der Waals surface area contributed by atoms with Gasteiger partial charge in [-0.3, -0.25) is 11.3 Å². The van der Waals surface area contributed by atoms with Gasteiger partial charge >= 0.3 is 0 Å². The molecule has 1 rings (SSSR count). The first-order valence-corrected chi connectivity index (χ1v) is 5.99. The van der Waals surface area contributed by atoms with E-state index < -0.39 is 17.7 Å². The van der Waals surface area contributed by atoms with Gasteiger partial charge in [0.25, 0.3) is 0 Å². The van der Waals surface area contributed by atoms with Crippen molar-refractivity contribution in [2.24, 2.45) is 11.8 Å². The molecule has 0 amide bonds. The van der Waals surface area contributed by atoms with Crippen LogP contribution in [0.3, 0.4) is 0 Å². The van der Waals surface area contributed by atoms with E-state index >= 15 is 0 Å². The maximum atomic E-state index is 13.7. The minimum atomic E-state index is -0.632. The molecule has 0 radical (unpaired) electrons. The zero-order chi connectivity index (χ0) is 13.0. The molecule has 96 valence electrons. The first-order valence-electron chi connectivity index (χ1n) is 5.61. The van der Waals surface area contributed by atoms with Gasteiger partial charge in [-0.05, 0) is 24.5 Å². The predicted octanol–water partition coefficient (Wildman–Crippen LogP) is 3.56. The van der Waals surface area contributed by atoms with Crippen LogP contribution in [0.5, 0.6) is 0 Å². The Morgan fingerprint density at radius 1 is 1.35 bits per heavy atom. The zero-order valence-electron chi connectivity index (χ0n) is 9.93. The summed E-state index contributed by atoms with van der Waals surface area (Å²) in [7, 11) is 0. The molecule has 0 aliphatic heterocycles. The van der Waals surface area contributed by atoms with E-state index in [1.807, 2.05) is 13.8 Å². The van der Waals surface area contributed by atoms with Crippen molar-refractivity contribution < 1.29 is 8.78 Å². The fourth-order valence-electron chi connectivity index (χ4n) is 1.96. The quantitative estimate of drug-likeness (QED) is 0.484. The van der Waals surface area contributed by atoms with E-state index in [0.717, 1.165) is 25.0 Å². The third-order valence-corrected chi connectivity index (χ3v) is 3.16. The number of nitrogens with two attached hydrogens (primary N) is 1. The van der Waals surface area contributed by atoms with Crippen molar-refractivity contribution in [3.8, 4) is 0 Å². The monoisotopic (exact) mass is 262 g/mol. The number of hydrogen-bond acceptors (Lipinski definition) is 2. The van der Waals surface area contributed by atoms with Gasteiger partial charge in [-0.25, -0.2) is 8.78 Å². The summed E-state index contributed by atoms with van der Waals surface area (Å²) in [4.78, 5) is 0. The fourth-order valence-corrected chi connectivity index (χ4v) is 2.11. The fraction of sp³-hybridized carbons (Fsp3) is 0.500. The topological polar surface area (TPSA) is 38.0 Å². The van der Waals surface area contributed by atoms with Crippen LogP contribution in [0.1, 0.15) is 38.3 Å². The molecule has 3 N–H and O–H groups in total. The standard InChI is InChI=1S/C12H17ClF2N2/c1-3-4-7(2)12(17-16)8-5-11(15)9(13)6-10(8)14/h5-7,12,17H,3-4,16H2,1-2H3. The number of hydrazine groups is 1. The van der Waals surface area contributed by atoms with Crippen LogP contribution in [0, 0.1) is 17.6 Å². The van der Waals surface area contributed by atoms with Gasteiger partial charge in [0.05, 0.1) is 11.1 Å². The summed E-state index contributed by atoms with van der Waals surface area (Å²) >= 11 is 5.51. The SMILES string of the molecule is CCCC(C)C(NN)c1cc(F)c(Cl)cc1F. The first kappa shape index (κ1) is 14.4. The minimum Gasteiger partial charge on any atom is -0.271 e. The van der Waals surface area contributed by atoms with Crippen molar-refractivity contribution in [1.82, 2.24) is 5.43 Å². The third-order valence-electron chi connectivity index (χ3n) is 2.87. The summed E-state index contributed by atoms with van der Waals surface area (Å²) in [5.41, 5.74) is 2.76. The normalized spacial score (nSPS) is 14.7. The van der Waals surface area contributed by atoms with E-state index in [-0.39, 0.29) is 16.5 Å². The van der Waals surface area contributed by atoms with Crippen molar-refractivity contribution in [3.05, 3.63) is 34.4 Å². The van der Waals surface area contributed by atoms with Gasteiger partial charge in [0.15, 0.2) is 0 Å². The third kappa shape index (κ3) is 3.37. The number of hydrogen-bond donors (Lipinski definition) is 2. The Morgan fingerprint density at radius 2 is 2.00 bits per heavy atom. The summed E-state index contributed by atoms with van der Waals surface area (Å²) in [5.74, 6) is 4.36. The zero-order valence-corrected chi connectivity index (χ0v) is 10.7. The van der Waals surface area contributed by atoms with E-state index in [2.05, 4.69) is 5.43 Å². The molecule has 5 heteroatoms. The van der Waals surface area contributed by atoms with Gasteiger partial charge in [-0.15, -0.1) is 0 Å². The Labute approximate surface area is 105 Å². The smallest absolute Gasteiger partial charge is 0.142 e. The Morgan fingerprint density at radius 3 is 2.53 bits per heavy atom. The summed E-state index contributed by atoms with van der Waals surface area (Å²) in [6, 6.07) is 1.67. The number of nitrogens with one attached hydrogen (secondary N) is 1. The average molecular weight is 263 g/mol. The van der Waals surface area contributed by atoms with Crippen LogP contribution in [-0.2, 0) is 0 Å². The van der Waals surface area contributed by atoms with Crippen LogP contribution in [0.2, 0.25) is 5.02 Å². The van der Waals surface area contributed by atoms with Crippen LogP contribution < -0.4 is 11.3 Å². The number of benzene rings is 1. The lowest BCUT2D eigenvalue weighted by atomic mass is 9.91. The molecule has 0 aliphatic rings. The van der Waals surface area contributed by atoms with Crippen molar-refractivity contribution in [1.29, 1.82) is 0 Å². The average Bonchev–Trinajstić information content (AvgIpc) is 2.26. The second-order valence-corrected chi connectivity index (χ2v) is 4.61. The lowest BCUT2D eigenvalue weighted by Crippen LogP contribution is -2.33. The molecule has 0 aliphatic carbocycles. The first-order chi connectivity index (χ1) is 8.01. The van der Waals surface area contributed by atoms with Crippen molar-refractivity contribution >= 4 is 11.6 Å². The van der Waals surface area contributed by atoms with Gasteiger partial charge in [0.2, 0.25) is 0 Å². The predicted molar refractivity (Wildman–Crippen MR) is 65.5 cm³/mol. The molecule has 0 fully saturated rings. The molecule has 0 saturated carbocycles. The number of halogens is 3. The van der Waals surface area contributed by atoms with Gasteiger partial charge in [0.1, 0.15) is 11.6 Å². The van der Waals surface area contributed by atoms with Crippen molar-refractivity contribution in [2.45, 2.75) is 32.7 Å². The van der Waals surface area contributed by atoms with E-state index in [4.69, 9.17) is 17.4 Å². The van der Waals surface area contributed by atoms with Gasteiger partial charge < -0.3 is 0 Å². The van der Waals surface area contributed by atoms with Gasteiger partial charge in [-0.2, -0.15) is 0 Å². The van der Waals surface area contributed by atoms with Crippen molar-refractivity contribution in [2.75, 3.05) is 0 Å².